The standard InChI is InChI=1S/C20H30O/c1-15(2)12-16-6-5-11-20(21,14-16)19-10-4-9-18(13-19)17-7-3-8-17/h4,9-10,13,15-17,21H,3,5-8,11-12,14H2,1-2H3. The fourth-order valence-electron chi connectivity index (χ4n) is 4.32. The summed E-state index contributed by atoms with van der Waals surface area (Å²) in [5, 5.41) is 11.2. The Morgan fingerprint density at radius 3 is 2.67 bits per heavy atom. The summed E-state index contributed by atoms with van der Waals surface area (Å²) in [6, 6.07) is 8.87. The zero-order chi connectivity index (χ0) is 14.9. The smallest absolute Gasteiger partial charge is 0.0899 e. The van der Waals surface area contributed by atoms with Gasteiger partial charge in [0.2, 0.25) is 0 Å². The van der Waals surface area contributed by atoms with Crippen molar-refractivity contribution < 1.29 is 5.11 Å². The monoisotopic (exact) mass is 286 g/mol. The van der Waals surface area contributed by atoms with Crippen molar-refractivity contribution in [3.05, 3.63) is 35.4 Å². The van der Waals surface area contributed by atoms with Gasteiger partial charge in [-0.15, -0.1) is 0 Å². The molecule has 2 saturated carbocycles. The predicted octanol–water partition coefficient (Wildman–Crippen LogP) is 5.38. The molecule has 2 fully saturated rings. The van der Waals surface area contributed by atoms with E-state index >= 15 is 0 Å². The van der Waals surface area contributed by atoms with Crippen LogP contribution in [0.1, 0.15) is 82.3 Å². The van der Waals surface area contributed by atoms with E-state index in [9.17, 15) is 5.11 Å². The third kappa shape index (κ3) is 3.34. The first-order valence-electron chi connectivity index (χ1n) is 8.89. The van der Waals surface area contributed by atoms with Crippen molar-refractivity contribution in [1.29, 1.82) is 0 Å². The molecule has 2 unspecified atom stereocenters. The fraction of sp³-hybridized carbons (Fsp3) is 0.700. The van der Waals surface area contributed by atoms with Crippen LogP contribution in [0.4, 0.5) is 0 Å². The van der Waals surface area contributed by atoms with E-state index in [0.29, 0.717) is 5.92 Å². The Hall–Kier alpha value is -0.820. The first-order valence-corrected chi connectivity index (χ1v) is 8.89. The molecule has 2 aliphatic carbocycles. The lowest BCUT2D eigenvalue weighted by molar-refractivity contribution is -0.0245. The van der Waals surface area contributed by atoms with Gasteiger partial charge in [0, 0.05) is 0 Å². The van der Waals surface area contributed by atoms with Gasteiger partial charge in [0.1, 0.15) is 0 Å². The Bertz CT molecular complexity index is 474. The molecule has 3 rings (SSSR count). The maximum absolute atomic E-state index is 11.2. The highest BCUT2D eigenvalue weighted by Gasteiger charge is 2.36. The van der Waals surface area contributed by atoms with Crippen molar-refractivity contribution in [2.24, 2.45) is 11.8 Å². The minimum absolute atomic E-state index is 0.572. The zero-order valence-corrected chi connectivity index (χ0v) is 13.6. The number of aliphatic hydroxyl groups is 1. The Labute approximate surface area is 129 Å². The minimum Gasteiger partial charge on any atom is -0.385 e. The Morgan fingerprint density at radius 1 is 1.19 bits per heavy atom. The molecule has 1 aromatic rings. The van der Waals surface area contributed by atoms with Crippen LogP contribution in [0, 0.1) is 11.8 Å². The van der Waals surface area contributed by atoms with Crippen molar-refractivity contribution >= 4 is 0 Å². The topological polar surface area (TPSA) is 20.2 Å². The Morgan fingerprint density at radius 2 is 2.00 bits per heavy atom. The van der Waals surface area contributed by atoms with Crippen molar-refractivity contribution in [3.63, 3.8) is 0 Å². The highest BCUT2D eigenvalue weighted by Crippen LogP contribution is 2.44. The van der Waals surface area contributed by atoms with Gasteiger partial charge < -0.3 is 5.11 Å². The molecule has 2 atom stereocenters. The van der Waals surface area contributed by atoms with Gasteiger partial charge in [-0.3, -0.25) is 0 Å². The van der Waals surface area contributed by atoms with E-state index in [1.165, 1.54) is 49.7 Å². The summed E-state index contributed by atoms with van der Waals surface area (Å²) in [7, 11) is 0. The fourth-order valence-corrected chi connectivity index (χ4v) is 4.32. The molecule has 21 heavy (non-hydrogen) atoms. The van der Waals surface area contributed by atoms with Gasteiger partial charge >= 0.3 is 0 Å². The van der Waals surface area contributed by atoms with Crippen molar-refractivity contribution in [2.45, 2.75) is 76.7 Å². The second kappa shape index (κ2) is 6.12. The van der Waals surface area contributed by atoms with Gasteiger partial charge in [-0.05, 0) is 67.4 Å². The molecule has 1 heteroatoms. The maximum Gasteiger partial charge on any atom is 0.0899 e. The second-order valence-corrected chi connectivity index (χ2v) is 7.88. The number of rotatable bonds is 4. The normalized spacial score (nSPS) is 30.4. The quantitative estimate of drug-likeness (QED) is 0.788. The van der Waals surface area contributed by atoms with Gasteiger partial charge in [0.05, 0.1) is 5.60 Å². The zero-order valence-electron chi connectivity index (χ0n) is 13.6. The molecule has 1 aromatic carbocycles. The number of benzene rings is 1. The third-order valence-electron chi connectivity index (χ3n) is 5.63. The largest absolute Gasteiger partial charge is 0.385 e. The summed E-state index contributed by atoms with van der Waals surface area (Å²) >= 11 is 0. The van der Waals surface area contributed by atoms with Crippen LogP contribution in [0.2, 0.25) is 0 Å². The summed E-state index contributed by atoms with van der Waals surface area (Å²) < 4.78 is 0. The van der Waals surface area contributed by atoms with Crippen LogP contribution >= 0.6 is 0 Å². The summed E-state index contributed by atoms with van der Waals surface area (Å²) in [6.45, 7) is 4.59. The lowest BCUT2D eigenvalue weighted by Gasteiger charge is -2.38. The van der Waals surface area contributed by atoms with Gasteiger partial charge in [-0.1, -0.05) is 51.0 Å². The molecule has 1 N–H and O–H groups in total. The van der Waals surface area contributed by atoms with Crippen LogP contribution in [0.25, 0.3) is 0 Å². The van der Waals surface area contributed by atoms with Crippen molar-refractivity contribution in [3.8, 4) is 0 Å². The molecule has 0 amide bonds. The molecule has 2 aliphatic rings. The molecule has 0 heterocycles. The van der Waals surface area contributed by atoms with E-state index in [1.54, 1.807) is 0 Å². The lowest BCUT2D eigenvalue weighted by atomic mass is 9.71. The summed E-state index contributed by atoms with van der Waals surface area (Å²) in [4.78, 5) is 0. The first-order chi connectivity index (χ1) is 10.1. The molecular formula is C20H30O. The first kappa shape index (κ1) is 15.1. The van der Waals surface area contributed by atoms with Gasteiger partial charge in [0.25, 0.3) is 0 Å². The van der Waals surface area contributed by atoms with Crippen LogP contribution < -0.4 is 0 Å². The molecule has 1 nitrogen and oxygen atoms in total. The van der Waals surface area contributed by atoms with Gasteiger partial charge in [0.15, 0.2) is 0 Å². The van der Waals surface area contributed by atoms with Crippen LogP contribution in [-0.2, 0) is 5.60 Å². The second-order valence-electron chi connectivity index (χ2n) is 7.88. The van der Waals surface area contributed by atoms with Crippen molar-refractivity contribution in [1.82, 2.24) is 0 Å². The van der Waals surface area contributed by atoms with Crippen LogP contribution in [0.5, 0.6) is 0 Å². The van der Waals surface area contributed by atoms with Gasteiger partial charge in [-0.2, -0.15) is 0 Å². The average Bonchev–Trinajstić information content (AvgIpc) is 2.36. The lowest BCUT2D eigenvalue weighted by Crippen LogP contribution is -2.33. The molecule has 0 radical (unpaired) electrons. The highest BCUT2D eigenvalue weighted by molar-refractivity contribution is 5.31. The SMILES string of the molecule is CC(C)CC1CCCC(O)(c2cccc(C3CCC3)c2)C1. The Balaban J connectivity index is 1.77. The minimum atomic E-state index is -0.572. The summed E-state index contributed by atoms with van der Waals surface area (Å²) in [5.74, 6) is 2.18. The number of hydrogen-bond donors (Lipinski definition) is 1. The molecule has 0 spiro atoms. The predicted molar refractivity (Wildman–Crippen MR) is 88.3 cm³/mol. The van der Waals surface area contributed by atoms with E-state index in [4.69, 9.17) is 0 Å². The van der Waals surface area contributed by atoms with Crippen LogP contribution in [0.15, 0.2) is 24.3 Å². The van der Waals surface area contributed by atoms with E-state index in [1.807, 2.05) is 0 Å². The summed E-state index contributed by atoms with van der Waals surface area (Å²) in [5.41, 5.74) is 2.07. The molecule has 0 bridgehead atoms. The number of hydrogen-bond acceptors (Lipinski definition) is 1. The van der Waals surface area contributed by atoms with Gasteiger partial charge in [-0.25, -0.2) is 0 Å². The van der Waals surface area contributed by atoms with E-state index in [0.717, 1.165) is 24.7 Å². The maximum atomic E-state index is 11.2. The third-order valence-corrected chi connectivity index (χ3v) is 5.63. The summed E-state index contributed by atoms with van der Waals surface area (Å²) in [6.07, 6.45) is 9.65. The van der Waals surface area contributed by atoms with E-state index in [-0.39, 0.29) is 0 Å². The Kier molecular flexibility index (Phi) is 4.40. The van der Waals surface area contributed by atoms with E-state index in [2.05, 4.69) is 38.1 Å². The van der Waals surface area contributed by atoms with E-state index < -0.39 is 5.60 Å². The van der Waals surface area contributed by atoms with Crippen LogP contribution in [-0.4, -0.2) is 5.11 Å². The highest BCUT2D eigenvalue weighted by atomic mass is 16.3. The molecular weight excluding hydrogens is 256 g/mol. The molecule has 0 aliphatic heterocycles. The van der Waals surface area contributed by atoms with Crippen molar-refractivity contribution in [2.75, 3.05) is 0 Å². The molecule has 116 valence electrons. The average molecular weight is 286 g/mol. The van der Waals surface area contributed by atoms with Crippen LogP contribution in [0.3, 0.4) is 0 Å². The molecule has 0 saturated heterocycles. The molecule has 0 aromatic heterocycles.